The lowest BCUT2D eigenvalue weighted by Crippen LogP contribution is -2.20. The van der Waals surface area contributed by atoms with Gasteiger partial charge in [-0.25, -0.2) is 0 Å². The number of aliphatic hydroxyl groups excluding tert-OH is 1. The van der Waals surface area contributed by atoms with Crippen molar-refractivity contribution in [1.29, 1.82) is 0 Å². The highest BCUT2D eigenvalue weighted by Crippen LogP contribution is 2.17. The molecule has 2 rings (SSSR count). The first-order chi connectivity index (χ1) is 10.1. The van der Waals surface area contributed by atoms with E-state index < -0.39 is 0 Å². The summed E-state index contributed by atoms with van der Waals surface area (Å²) in [6.07, 6.45) is 0. The van der Waals surface area contributed by atoms with Gasteiger partial charge in [-0.1, -0.05) is 12.1 Å². The Balaban J connectivity index is 1.95. The average molecular weight is 286 g/mol. The van der Waals surface area contributed by atoms with Gasteiger partial charge in [0, 0.05) is 11.4 Å². The van der Waals surface area contributed by atoms with Crippen molar-refractivity contribution in [2.45, 2.75) is 20.5 Å². The summed E-state index contributed by atoms with van der Waals surface area (Å²) >= 11 is 0. The number of nitrogens with one attached hydrogen (secondary N) is 1. The molecule has 0 aliphatic carbocycles. The number of aromatic nitrogens is 1. The number of aryl methyl sites for hydroxylation is 2. The highest BCUT2D eigenvalue weighted by Gasteiger charge is 2.08. The van der Waals surface area contributed by atoms with Gasteiger partial charge in [0.05, 0.1) is 6.61 Å². The van der Waals surface area contributed by atoms with Crippen LogP contribution in [0.25, 0.3) is 0 Å². The van der Waals surface area contributed by atoms with Gasteiger partial charge in [0.2, 0.25) is 0 Å². The van der Waals surface area contributed by atoms with E-state index >= 15 is 0 Å². The summed E-state index contributed by atoms with van der Waals surface area (Å²) in [4.78, 5) is 16.0. The lowest BCUT2D eigenvalue weighted by atomic mass is 10.2. The molecule has 110 valence electrons. The highest BCUT2D eigenvalue weighted by molar-refractivity contribution is 5.91. The molecule has 0 spiro atoms. The van der Waals surface area contributed by atoms with Gasteiger partial charge in [-0.05, 0) is 43.7 Å². The van der Waals surface area contributed by atoms with Crippen molar-refractivity contribution >= 4 is 11.6 Å². The largest absolute Gasteiger partial charge is 0.482 e. The number of nitrogens with zero attached hydrogens (tertiary/aromatic N) is 1. The van der Waals surface area contributed by atoms with Gasteiger partial charge < -0.3 is 15.2 Å². The van der Waals surface area contributed by atoms with Crippen LogP contribution in [0.3, 0.4) is 0 Å². The van der Waals surface area contributed by atoms with Gasteiger partial charge in [-0.15, -0.1) is 0 Å². The van der Waals surface area contributed by atoms with Crippen LogP contribution in [-0.4, -0.2) is 22.6 Å². The van der Waals surface area contributed by atoms with E-state index in [-0.39, 0.29) is 19.1 Å². The van der Waals surface area contributed by atoms with E-state index in [1.54, 1.807) is 12.1 Å². The zero-order valence-corrected chi connectivity index (χ0v) is 12.1. The van der Waals surface area contributed by atoms with Gasteiger partial charge in [-0.2, -0.15) is 0 Å². The summed E-state index contributed by atoms with van der Waals surface area (Å²) in [7, 11) is 0. The third kappa shape index (κ3) is 4.29. The van der Waals surface area contributed by atoms with Crippen LogP contribution in [-0.2, 0) is 11.4 Å². The van der Waals surface area contributed by atoms with Crippen LogP contribution in [0, 0.1) is 13.8 Å². The maximum atomic E-state index is 11.8. The maximum absolute atomic E-state index is 11.8. The van der Waals surface area contributed by atoms with E-state index in [0.29, 0.717) is 11.4 Å². The van der Waals surface area contributed by atoms with E-state index in [4.69, 9.17) is 4.74 Å². The van der Waals surface area contributed by atoms with Gasteiger partial charge >= 0.3 is 0 Å². The van der Waals surface area contributed by atoms with E-state index in [0.717, 1.165) is 16.9 Å². The predicted octanol–water partition coefficient (Wildman–Crippen LogP) is 2.21. The molecule has 0 atom stereocenters. The van der Waals surface area contributed by atoms with Crippen LogP contribution in [0.15, 0.2) is 36.4 Å². The van der Waals surface area contributed by atoms with Gasteiger partial charge in [0.15, 0.2) is 6.61 Å². The second kappa shape index (κ2) is 6.85. The van der Waals surface area contributed by atoms with Gasteiger partial charge in [-0.3, -0.25) is 9.78 Å². The van der Waals surface area contributed by atoms with Crippen molar-refractivity contribution in [2.75, 3.05) is 11.9 Å². The van der Waals surface area contributed by atoms with Crippen molar-refractivity contribution in [3.05, 3.63) is 53.3 Å². The number of carbonyl (C=O) groups excluding carboxylic acids is 1. The predicted molar refractivity (Wildman–Crippen MR) is 80.2 cm³/mol. The number of aliphatic hydroxyl groups is 1. The molecule has 1 amide bonds. The van der Waals surface area contributed by atoms with Crippen LogP contribution in [0.5, 0.6) is 5.75 Å². The number of benzene rings is 1. The molecule has 0 saturated heterocycles. The topological polar surface area (TPSA) is 71.5 Å². The molecular formula is C16H18N2O3. The number of rotatable bonds is 5. The lowest BCUT2D eigenvalue weighted by molar-refractivity contribution is -0.118. The van der Waals surface area contributed by atoms with E-state index in [9.17, 15) is 9.90 Å². The number of hydrogen-bond donors (Lipinski definition) is 2. The monoisotopic (exact) mass is 286 g/mol. The Morgan fingerprint density at radius 2 is 2.10 bits per heavy atom. The Labute approximate surface area is 123 Å². The first kappa shape index (κ1) is 15.0. The molecule has 1 heterocycles. The van der Waals surface area contributed by atoms with Crippen molar-refractivity contribution in [2.24, 2.45) is 0 Å². The molecule has 5 nitrogen and oxygen atoms in total. The molecule has 0 bridgehead atoms. The molecule has 21 heavy (non-hydrogen) atoms. The molecule has 1 aromatic carbocycles. The number of amides is 1. The molecule has 2 aromatic rings. The zero-order valence-electron chi connectivity index (χ0n) is 12.1. The van der Waals surface area contributed by atoms with Crippen LogP contribution < -0.4 is 10.1 Å². The molecule has 5 heteroatoms. The molecule has 0 aliphatic rings. The fraction of sp³-hybridized carbons (Fsp3) is 0.250. The summed E-state index contributed by atoms with van der Waals surface area (Å²) in [6.45, 7) is 3.42. The Hall–Kier alpha value is -2.40. The lowest BCUT2D eigenvalue weighted by Gasteiger charge is -2.10. The maximum Gasteiger partial charge on any atom is 0.262 e. The molecule has 0 radical (unpaired) electrons. The summed E-state index contributed by atoms with van der Waals surface area (Å²) in [5.74, 6) is 0.160. The van der Waals surface area contributed by atoms with Crippen molar-refractivity contribution in [3.8, 4) is 5.75 Å². The third-order valence-electron chi connectivity index (χ3n) is 2.88. The Morgan fingerprint density at radius 1 is 1.29 bits per heavy atom. The molecular weight excluding hydrogens is 268 g/mol. The Bertz CT molecular complexity index is 641. The van der Waals surface area contributed by atoms with Crippen LogP contribution >= 0.6 is 0 Å². The van der Waals surface area contributed by atoms with Crippen molar-refractivity contribution in [1.82, 2.24) is 4.98 Å². The second-order valence-corrected chi connectivity index (χ2v) is 4.76. The molecule has 0 aliphatic heterocycles. The SMILES string of the molecule is Cc1cccc(NC(=O)COc2ccc(C)nc2CO)c1. The van der Waals surface area contributed by atoms with Crippen molar-refractivity contribution in [3.63, 3.8) is 0 Å². The summed E-state index contributed by atoms with van der Waals surface area (Å²) < 4.78 is 5.41. The molecule has 2 N–H and O–H groups in total. The summed E-state index contributed by atoms with van der Waals surface area (Å²) in [5.41, 5.74) is 3.01. The van der Waals surface area contributed by atoms with Crippen LogP contribution in [0.2, 0.25) is 0 Å². The Kier molecular flexibility index (Phi) is 4.90. The minimum Gasteiger partial charge on any atom is -0.482 e. The number of carbonyl (C=O) groups is 1. The fourth-order valence-corrected chi connectivity index (χ4v) is 1.91. The standard InChI is InChI=1S/C16H18N2O3/c1-11-4-3-5-13(8-11)18-16(20)10-21-15-7-6-12(2)17-14(15)9-19/h3-8,19H,9-10H2,1-2H3,(H,18,20). The number of ether oxygens (including phenoxy) is 1. The van der Waals surface area contributed by atoms with E-state index in [1.165, 1.54) is 0 Å². The number of pyridine rings is 1. The first-order valence-corrected chi connectivity index (χ1v) is 6.65. The van der Waals surface area contributed by atoms with E-state index in [2.05, 4.69) is 10.3 Å². The third-order valence-corrected chi connectivity index (χ3v) is 2.88. The minimum atomic E-state index is -0.259. The molecule has 0 fully saturated rings. The zero-order chi connectivity index (χ0) is 15.2. The van der Waals surface area contributed by atoms with Crippen LogP contribution in [0.4, 0.5) is 5.69 Å². The van der Waals surface area contributed by atoms with Gasteiger partial charge in [0.25, 0.3) is 5.91 Å². The number of anilines is 1. The summed E-state index contributed by atoms with van der Waals surface area (Å²) in [5, 5.41) is 12.0. The van der Waals surface area contributed by atoms with Crippen molar-refractivity contribution < 1.29 is 14.6 Å². The second-order valence-electron chi connectivity index (χ2n) is 4.76. The van der Waals surface area contributed by atoms with E-state index in [1.807, 2.05) is 38.1 Å². The summed E-state index contributed by atoms with van der Waals surface area (Å²) in [6, 6.07) is 11.0. The van der Waals surface area contributed by atoms with Gasteiger partial charge in [0.1, 0.15) is 11.4 Å². The minimum absolute atomic E-state index is 0.133. The smallest absolute Gasteiger partial charge is 0.262 e. The number of hydrogen-bond acceptors (Lipinski definition) is 4. The van der Waals surface area contributed by atoms with Crippen LogP contribution in [0.1, 0.15) is 17.0 Å². The molecule has 0 unspecified atom stereocenters. The normalized spacial score (nSPS) is 10.2. The fourth-order valence-electron chi connectivity index (χ4n) is 1.91. The Morgan fingerprint density at radius 3 is 2.81 bits per heavy atom. The molecule has 0 saturated carbocycles. The molecule has 1 aromatic heterocycles. The quantitative estimate of drug-likeness (QED) is 0.884. The average Bonchev–Trinajstić information content (AvgIpc) is 2.45. The highest BCUT2D eigenvalue weighted by atomic mass is 16.5. The first-order valence-electron chi connectivity index (χ1n) is 6.65.